The van der Waals surface area contributed by atoms with Crippen LogP contribution in [0.5, 0.6) is 0 Å². The van der Waals surface area contributed by atoms with Gasteiger partial charge in [-0.1, -0.05) is 0 Å². The summed E-state index contributed by atoms with van der Waals surface area (Å²) >= 11 is 0. The molecule has 1 fully saturated rings. The summed E-state index contributed by atoms with van der Waals surface area (Å²) in [6, 6.07) is 0.588. The van der Waals surface area contributed by atoms with Crippen LogP contribution in [0.15, 0.2) is 17.2 Å². The van der Waals surface area contributed by atoms with Gasteiger partial charge in [0, 0.05) is 18.3 Å². The van der Waals surface area contributed by atoms with Gasteiger partial charge in [-0.15, -0.1) is 0 Å². The van der Waals surface area contributed by atoms with Crippen LogP contribution in [0.25, 0.3) is 0 Å². The maximum Gasteiger partial charge on any atom is 0.271 e. The minimum Gasteiger partial charge on any atom is -0.348 e. The van der Waals surface area contributed by atoms with Gasteiger partial charge in [0.05, 0.1) is 6.20 Å². The van der Waals surface area contributed by atoms with E-state index < -0.39 is 0 Å². The van der Waals surface area contributed by atoms with Gasteiger partial charge in [0.2, 0.25) is 0 Å². The smallest absolute Gasteiger partial charge is 0.271 e. The highest BCUT2D eigenvalue weighted by Crippen LogP contribution is 2.08. The van der Waals surface area contributed by atoms with Gasteiger partial charge in [0.1, 0.15) is 5.69 Å². The van der Waals surface area contributed by atoms with E-state index in [9.17, 15) is 9.59 Å². The highest BCUT2D eigenvalue weighted by Gasteiger charge is 2.20. The first-order valence-corrected chi connectivity index (χ1v) is 5.74. The van der Waals surface area contributed by atoms with E-state index in [1.165, 1.54) is 6.20 Å². The predicted molar refractivity (Wildman–Crippen MR) is 62.8 cm³/mol. The molecule has 0 aliphatic carbocycles. The Morgan fingerprint density at radius 2 is 2.41 bits per heavy atom. The second-order valence-corrected chi connectivity index (χ2v) is 4.35. The number of amides is 1. The van der Waals surface area contributed by atoms with Crippen molar-refractivity contribution in [1.82, 2.24) is 20.6 Å². The van der Waals surface area contributed by atoms with Crippen molar-refractivity contribution in [2.24, 2.45) is 0 Å². The van der Waals surface area contributed by atoms with E-state index in [1.807, 2.05) is 0 Å². The van der Waals surface area contributed by atoms with Gasteiger partial charge >= 0.3 is 0 Å². The van der Waals surface area contributed by atoms with E-state index in [0.717, 1.165) is 25.6 Å². The highest BCUT2D eigenvalue weighted by molar-refractivity contribution is 5.92. The molecule has 2 atom stereocenters. The van der Waals surface area contributed by atoms with Crippen molar-refractivity contribution in [2.45, 2.75) is 31.8 Å². The van der Waals surface area contributed by atoms with Crippen molar-refractivity contribution < 1.29 is 4.79 Å². The number of aromatic nitrogens is 2. The molecule has 2 rings (SSSR count). The van der Waals surface area contributed by atoms with Crippen LogP contribution in [-0.4, -0.2) is 34.5 Å². The molecule has 0 spiro atoms. The van der Waals surface area contributed by atoms with Gasteiger partial charge < -0.3 is 15.6 Å². The lowest BCUT2D eigenvalue weighted by Crippen LogP contribution is -2.46. The Morgan fingerprint density at radius 1 is 1.59 bits per heavy atom. The lowest BCUT2D eigenvalue weighted by Gasteiger charge is -2.28. The third kappa shape index (κ3) is 3.13. The summed E-state index contributed by atoms with van der Waals surface area (Å²) in [5, 5.41) is 6.24. The van der Waals surface area contributed by atoms with E-state index in [4.69, 9.17) is 0 Å². The summed E-state index contributed by atoms with van der Waals surface area (Å²) in [6.45, 7) is 3.00. The first kappa shape index (κ1) is 11.8. The molecule has 2 heterocycles. The van der Waals surface area contributed by atoms with Crippen molar-refractivity contribution in [1.29, 1.82) is 0 Å². The van der Waals surface area contributed by atoms with Gasteiger partial charge in [0.25, 0.3) is 11.5 Å². The molecule has 1 aromatic rings. The zero-order valence-corrected chi connectivity index (χ0v) is 9.69. The van der Waals surface area contributed by atoms with Crippen molar-refractivity contribution in [3.8, 4) is 0 Å². The molecule has 0 aromatic carbocycles. The van der Waals surface area contributed by atoms with Crippen LogP contribution >= 0.6 is 0 Å². The number of hydrogen-bond acceptors (Lipinski definition) is 4. The molecule has 1 saturated heterocycles. The topological polar surface area (TPSA) is 86.9 Å². The van der Waals surface area contributed by atoms with Crippen LogP contribution in [0.2, 0.25) is 0 Å². The van der Waals surface area contributed by atoms with Gasteiger partial charge in [0.15, 0.2) is 0 Å². The summed E-state index contributed by atoms with van der Waals surface area (Å²) in [6.07, 6.45) is 4.27. The number of rotatable bonds is 2. The quantitative estimate of drug-likeness (QED) is 0.654. The zero-order valence-electron chi connectivity index (χ0n) is 9.69. The second-order valence-electron chi connectivity index (χ2n) is 4.35. The van der Waals surface area contributed by atoms with Crippen LogP contribution in [0.4, 0.5) is 0 Å². The predicted octanol–water partition coefficient (Wildman–Crippen LogP) is -0.360. The molecule has 6 nitrogen and oxygen atoms in total. The molecule has 0 saturated carbocycles. The minimum atomic E-state index is -0.308. The molecule has 92 valence electrons. The van der Waals surface area contributed by atoms with E-state index in [1.54, 1.807) is 0 Å². The zero-order chi connectivity index (χ0) is 12.3. The van der Waals surface area contributed by atoms with Crippen LogP contribution in [-0.2, 0) is 0 Å². The van der Waals surface area contributed by atoms with Gasteiger partial charge in [-0.2, -0.15) is 0 Å². The normalized spacial score (nSPS) is 24.3. The number of H-pyrrole nitrogens is 1. The summed E-state index contributed by atoms with van der Waals surface area (Å²) in [4.78, 5) is 28.9. The van der Waals surface area contributed by atoms with Crippen LogP contribution in [0.3, 0.4) is 0 Å². The number of nitrogens with zero attached hydrogens (tertiary/aromatic N) is 1. The Kier molecular flexibility index (Phi) is 3.53. The summed E-state index contributed by atoms with van der Waals surface area (Å²) in [5.41, 5.74) is -0.0622. The summed E-state index contributed by atoms with van der Waals surface area (Å²) in [7, 11) is 0. The fraction of sp³-hybridized carbons (Fsp3) is 0.545. The molecule has 1 aromatic heterocycles. The number of nitrogens with one attached hydrogen (secondary N) is 3. The lowest BCUT2D eigenvalue weighted by atomic mass is 10.0. The first-order chi connectivity index (χ1) is 8.15. The van der Waals surface area contributed by atoms with E-state index in [2.05, 4.69) is 27.5 Å². The van der Waals surface area contributed by atoms with E-state index >= 15 is 0 Å². The van der Waals surface area contributed by atoms with Gasteiger partial charge in [-0.25, -0.2) is 4.98 Å². The molecule has 2 unspecified atom stereocenters. The molecule has 6 heteroatoms. The number of piperidine rings is 1. The number of aromatic amines is 1. The minimum absolute atomic E-state index is 0.174. The van der Waals surface area contributed by atoms with Crippen molar-refractivity contribution >= 4 is 5.91 Å². The fourth-order valence-electron chi connectivity index (χ4n) is 1.99. The Hall–Kier alpha value is -1.69. The average molecular weight is 236 g/mol. The Morgan fingerprint density at radius 3 is 3.06 bits per heavy atom. The average Bonchev–Trinajstić information content (AvgIpc) is 2.29. The van der Waals surface area contributed by atoms with E-state index in [-0.39, 0.29) is 23.2 Å². The second kappa shape index (κ2) is 5.09. The first-order valence-electron chi connectivity index (χ1n) is 5.74. The Labute approximate surface area is 98.8 Å². The number of carbonyl (C=O) groups is 1. The molecular formula is C11H16N4O2. The molecule has 1 amide bonds. The van der Waals surface area contributed by atoms with Crippen molar-refractivity contribution in [3.05, 3.63) is 28.4 Å². The van der Waals surface area contributed by atoms with E-state index in [0.29, 0.717) is 6.04 Å². The maximum atomic E-state index is 11.8. The molecule has 0 radical (unpaired) electrons. The van der Waals surface area contributed by atoms with Gasteiger partial charge in [-0.3, -0.25) is 9.59 Å². The number of carbonyl (C=O) groups excluding carboxylic acids is 1. The fourth-order valence-corrected chi connectivity index (χ4v) is 1.99. The molecule has 3 N–H and O–H groups in total. The third-order valence-corrected chi connectivity index (χ3v) is 2.86. The summed E-state index contributed by atoms with van der Waals surface area (Å²) < 4.78 is 0. The van der Waals surface area contributed by atoms with Crippen molar-refractivity contribution in [2.75, 3.05) is 6.54 Å². The summed E-state index contributed by atoms with van der Waals surface area (Å²) in [5.74, 6) is -0.236. The molecule has 17 heavy (non-hydrogen) atoms. The molecular weight excluding hydrogens is 220 g/mol. The largest absolute Gasteiger partial charge is 0.348 e. The standard InChI is InChI=1S/C11H16N4O2/c1-7-4-8(2-3-12-7)15-11(17)9-5-14-10(16)6-13-9/h5-8,12H,2-4H2,1H3,(H,14,16)(H,15,17). The number of hydrogen-bond donors (Lipinski definition) is 3. The van der Waals surface area contributed by atoms with Gasteiger partial charge in [-0.05, 0) is 26.3 Å². The molecule has 1 aliphatic rings. The highest BCUT2D eigenvalue weighted by atomic mass is 16.2. The SMILES string of the molecule is CC1CC(NC(=O)c2c[nH]c(=O)cn2)CCN1. The maximum absolute atomic E-state index is 11.8. The Balaban J connectivity index is 1.96. The lowest BCUT2D eigenvalue weighted by molar-refractivity contribution is 0.0920. The Bertz CT molecular complexity index is 437. The third-order valence-electron chi connectivity index (χ3n) is 2.86. The molecule has 0 bridgehead atoms. The van der Waals surface area contributed by atoms with Crippen LogP contribution in [0.1, 0.15) is 30.3 Å². The monoisotopic (exact) mass is 236 g/mol. The van der Waals surface area contributed by atoms with Crippen LogP contribution < -0.4 is 16.2 Å². The van der Waals surface area contributed by atoms with Crippen LogP contribution in [0, 0.1) is 0 Å². The molecule has 1 aliphatic heterocycles. The van der Waals surface area contributed by atoms with Crippen molar-refractivity contribution in [3.63, 3.8) is 0 Å².